The van der Waals surface area contributed by atoms with Gasteiger partial charge in [-0.2, -0.15) is 0 Å². The molecular weight excluding hydrogens is 424 g/mol. The Morgan fingerprint density at radius 1 is 0.912 bits per heavy atom. The Morgan fingerprint density at radius 3 is 2.65 bits per heavy atom. The number of methoxy groups -OCH3 is 1. The molecule has 2 aromatic carbocycles. The summed E-state index contributed by atoms with van der Waals surface area (Å²) in [7, 11) is 1.67. The Labute approximate surface area is 200 Å². The van der Waals surface area contributed by atoms with Gasteiger partial charge in [0.25, 0.3) is 0 Å². The molecule has 0 unspecified atom stereocenters. The van der Waals surface area contributed by atoms with Crippen LogP contribution >= 0.6 is 0 Å². The van der Waals surface area contributed by atoms with Gasteiger partial charge in [-0.1, -0.05) is 18.2 Å². The monoisotopic (exact) mass is 452 g/mol. The SMILES string of the molecule is COc1ccc(-c2nccc([C@@H]3CCCN3Cc3cccc(OCc4ccccn4)c3)n2)cc1. The minimum absolute atomic E-state index is 0.276. The third-order valence-corrected chi connectivity index (χ3v) is 6.13. The van der Waals surface area contributed by atoms with Gasteiger partial charge in [-0.05, 0) is 79.5 Å². The fraction of sp³-hybridized carbons (Fsp3) is 0.250. The second kappa shape index (κ2) is 10.4. The smallest absolute Gasteiger partial charge is 0.159 e. The van der Waals surface area contributed by atoms with Crippen LogP contribution in [0.15, 0.2) is 85.2 Å². The average molecular weight is 453 g/mol. The highest BCUT2D eigenvalue weighted by Gasteiger charge is 2.27. The first-order chi connectivity index (χ1) is 16.8. The highest BCUT2D eigenvalue weighted by atomic mass is 16.5. The number of benzene rings is 2. The van der Waals surface area contributed by atoms with Crippen LogP contribution in [0.25, 0.3) is 11.4 Å². The largest absolute Gasteiger partial charge is 0.497 e. The molecule has 172 valence electrons. The lowest BCUT2D eigenvalue weighted by atomic mass is 10.1. The van der Waals surface area contributed by atoms with E-state index in [1.54, 1.807) is 13.3 Å². The Morgan fingerprint density at radius 2 is 1.82 bits per heavy atom. The molecule has 2 aromatic heterocycles. The predicted molar refractivity (Wildman–Crippen MR) is 131 cm³/mol. The maximum Gasteiger partial charge on any atom is 0.159 e. The number of nitrogens with zero attached hydrogens (tertiary/aromatic N) is 4. The number of rotatable bonds is 8. The van der Waals surface area contributed by atoms with E-state index in [1.807, 2.05) is 60.8 Å². The van der Waals surface area contributed by atoms with Gasteiger partial charge in [0.2, 0.25) is 0 Å². The van der Waals surface area contributed by atoms with E-state index in [0.717, 1.165) is 60.2 Å². The van der Waals surface area contributed by atoms with E-state index in [0.29, 0.717) is 6.61 Å². The average Bonchev–Trinajstić information content (AvgIpc) is 3.36. The number of pyridine rings is 1. The second-order valence-electron chi connectivity index (χ2n) is 8.42. The number of hydrogen-bond donors (Lipinski definition) is 0. The summed E-state index contributed by atoms with van der Waals surface area (Å²) in [5.74, 6) is 2.44. The zero-order chi connectivity index (χ0) is 23.2. The molecule has 1 saturated heterocycles. The molecular formula is C28H28N4O2. The molecule has 6 nitrogen and oxygen atoms in total. The fourth-order valence-corrected chi connectivity index (χ4v) is 4.40. The number of aromatic nitrogens is 3. The summed E-state index contributed by atoms with van der Waals surface area (Å²) in [6.45, 7) is 2.37. The van der Waals surface area contributed by atoms with Crippen molar-refractivity contribution in [3.8, 4) is 22.9 Å². The Balaban J connectivity index is 1.28. The van der Waals surface area contributed by atoms with Crippen LogP contribution in [-0.4, -0.2) is 33.5 Å². The molecule has 0 spiro atoms. The summed E-state index contributed by atoms with van der Waals surface area (Å²) in [5.41, 5.74) is 4.21. The lowest BCUT2D eigenvalue weighted by molar-refractivity contribution is 0.243. The molecule has 0 amide bonds. The number of hydrogen-bond acceptors (Lipinski definition) is 6. The van der Waals surface area contributed by atoms with E-state index in [1.165, 1.54) is 5.56 Å². The van der Waals surface area contributed by atoms with Crippen LogP contribution in [0.2, 0.25) is 0 Å². The molecule has 0 N–H and O–H groups in total. The quantitative estimate of drug-likeness (QED) is 0.354. The van der Waals surface area contributed by atoms with Gasteiger partial charge in [-0.25, -0.2) is 9.97 Å². The van der Waals surface area contributed by atoms with Crippen molar-refractivity contribution in [3.05, 3.63) is 102 Å². The third kappa shape index (κ3) is 5.24. The van der Waals surface area contributed by atoms with E-state index in [4.69, 9.17) is 14.5 Å². The van der Waals surface area contributed by atoms with E-state index < -0.39 is 0 Å². The van der Waals surface area contributed by atoms with Gasteiger partial charge in [-0.15, -0.1) is 0 Å². The molecule has 1 aliphatic heterocycles. The van der Waals surface area contributed by atoms with Crippen LogP contribution in [0.3, 0.4) is 0 Å². The minimum atomic E-state index is 0.276. The normalized spacial score (nSPS) is 15.9. The molecule has 1 fully saturated rings. The van der Waals surface area contributed by atoms with Crippen molar-refractivity contribution in [1.82, 2.24) is 19.9 Å². The lowest BCUT2D eigenvalue weighted by Gasteiger charge is -2.24. The zero-order valence-corrected chi connectivity index (χ0v) is 19.3. The van der Waals surface area contributed by atoms with Crippen LogP contribution in [0.4, 0.5) is 0 Å². The van der Waals surface area contributed by atoms with Gasteiger partial charge in [0, 0.05) is 24.5 Å². The number of ether oxygens (including phenoxy) is 2. The van der Waals surface area contributed by atoms with Crippen molar-refractivity contribution in [2.45, 2.75) is 32.0 Å². The molecule has 6 heteroatoms. The van der Waals surface area contributed by atoms with Crippen LogP contribution in [-0.2, 0) is 13.2 Å². The van der Waals surface area contributed by atoms with Gasteiger partial charge in [0.05, 0.1) is 24.5 Å². The topological polar surface area (TPSA) is 60.4 Å². The van der Waals surface area contributed by atoms with Crippen LogP contribution in [0.5, 0.6) is 11.5 Å². The van der Waals surface area contributed by atoms with Crippen molar-refractivity contribution in [3.63, 3.8) is 0 Å². The first-order valence-corrected chi connectivity index (χ1v) is 11.6. The van der Waals surface area contributed by atoms with Crippen molar-refractivity contribution in [2.75, 3.05) is 13.7 Å². The van der Waals surface area contributed by atoms with Gasteiger partial charge >= 0.3 is 0 Å². The number of likely N-dealkylation sites (tertiary alicyclic amines) is 1. The molecule has 0 saturated carbocycles. The third-order valence-electron chi connectivity index (χ3n) is 6.13. The Kier molecular flexibility index (Phi) is 6.77. The summed E-state index contributed by atoms with van der Waals surface area (Å²) in [4.78, 5) is 16.3. The van der Waals surface area contributed by atoms with Gasteiger partial charge < -0.3 is 9.47 Å². The van der Waals surface area contributed by atoms with E-state index in [2.05, 4.69) is 33.1 Å². The standard InChI is InChI=1S/C28H28N4O2/c1-33-24-12-10-22(11-13-24)28-30-16-14-26(31-28)27-9-5-17-32(27)19-21-6-4-8-25(18-21)34-20-23-7-2-3-15-29-23/h2-4,6-8,10-16,18,27H,5,9,17,19-20H2,1H3/t27-/m0/s1. The second-order valence-corrected chi connectivity index (χ2v) is 8.42. The maximum absolute atomic E-state index is 5.98. The molecule has 0 aliphatic carbocycles. The van der Waals surface area contributed by atoms with Gasteiger partial charge in [-0.3, -0.25) is 9.88 Å². The van der Waals surface area contributed by atoms with E-state index >= 15 is 0 Å². The van der Waals surface area contributed by atoms with Crippen molar-refractivity contribution < 1.29 is 9.47 Å². The Hall–Kier alpha value is -3.77. The van der Waals surface area contributed by atoms with Crippen molar-refractivity contribution >= 4 is 0 Å². The van der Waals surface area contributed by atoms with E-state index in [9.17, 15) is 0 Å². The van der Waals surface area contributed by atoms with Crippen LogP contribution in [0, 0.1) is 0 Å². The molecule has 1 atom stereocenters. The molecule has 0 bridgehead atoms. The minimum Gasteiger partial charge on any atom is -0.497 e. The molecule has 0 radical (unpaired) electrons. The van der Waals surface area contributed by atoms with Crippen LogP contribution < -0.4 is 9.47 Å². The fourth-order valence-electron chi connectivity index (χ4n) is 4.40. The maximum atomic E-state index is 5.98. The highest BCUT2D eigenvalue weighted by Crippen LogP contribution is 2.33. The molecule has 1 aliphatic rings. The van der Waals surface area contributed by atoms with Crippen molar-refractivity contribution in [1.29, 1.82) is 0 Å². The van der Waals surface area contributed by atoms with E-state index in [-0.39, 0.29) is 6.04 Å². The first kappa shape index (κ1) is 22.0. The summed E-state index contributed by atoms with van der Waals surface area (Å²) in [6.07, 6.45) is 5.90. The molecule has 5 rings (SSSR count). The summed E-state index contributed by atoms with van der Waals surface area (Å²) >= 11 is 0. The molecule has 3 heterocycles. The van der Waals surface area contributed by atoms with Crippen LogP contribution in [0.1, 0.15) is 35.8 Å². The first-order valence-electron chi connectivity index (χ1n) is 11.6. The summed E-state index contributed by atoms with van der Waals surface area (Å²) in [6, 6.07) is 24.4. The summed E-state index contributed by atoms with van der Waals surface area (Å²) in [5, 5.41) is 0. The molecule has 4 aromatic rings. The van der Waals surface area contributed by atoms with Gasteiger partial charge in [0.15, 0.2) is 5.82 Å². The highest BCUT2D eigenvalue weighted by molar-refractivity contribution is 5.56. The summed E-state index contributed by atoms with van der Waals surface area (Å²) < 4.78 is 11.2. The van der Waals surface area contributed by atoms with Crippen molar-refractivity contribution in [2.24, 2.45) is 0 Å². The Bertz CT molecular complexity index is 1210. The predicted octanol–water partition coefficient (Wildman–Crippen LogP) is 5.46. The molecule has 34 heavy (non-hydrogen) atoms. The van der Waals surface area contributed by atoms with Gasteiger partial charge in [0.1, 0.15) is 18.1 Å². The lowest BCUT2D eigenvalue weighted by Crippen LogP contribution is -2.23. The zero-order valence-electron chi connectivity index (χ0n) is 19.3.